The molecule has 1 saturated heterocycles. The first kappa shape index (κ1) is 15.8. The number of benzene rings is 1. The quantitative estimate of drug-likeness (QED) is 0.803. The first-order chi connectivity index (χ1) is 10.1. The Morgan fingerprint density at radius 2 is 2.24 bits per heavy atom. The van der Waals surface area contributed by atoms with Crippen molar-refractivity contribution in [3.05, 3.63) is 35.1 Å². The second-order valence-electron chi connectivity index (χ2n) is 4.78. The van der Waals surface area contributed by atoms with Gasteiger partial charge < -0.3 is 9.64 Å². The van der Waals surface area contributed by atoms with Crippen molar-refractivity contribution in [1.82, 2.24) is 4.90 Å². The Morgan fingerprint density at radius 1 is 1.48 bits per heavy atom. The van der Waals surface area contributed by atoms with Crippen molar-refractivity contribution in [3.8, 4) is 0 Å². The van der Waals surface area contributed by atoms with Crippen LogP contribution in [0, 0.1) is 12.7 Å². The molecule has 114 valence electrons. The monoisotopic (exact) mass is 311 g/mol. The van der Waals surface area contributed by atoms with Gasteiger partial charge in [-0.1, -0.05) is 12.1 Å². The van der Waals surface area contributed by atoms with E-state index in [4.69, 9.17) is 4.74 Å². The number of thioether (sulfide) groups is 1. The van der Waals surface area contributed by atoms with Gasteiger partial charge in [-0.2, -0.15) is 11.8 Å². The van der Waals surface area contributed by atoms with Gasteiger partial charge in [0.25, 0.3) is 5.91 Å². The van der Waals surface area contributed by atoms with Gasteiger partial charge in [-0.15, -0.1) is 0 Å². The Morgan fingerprint density at radius 3 is 2.95 bits per heavy atom. The summed E-state index contributed by atoms with van der Waals surface area (Å²) in [6.07, 6.45) is 0. The van der Waals surface area contributed by atoms with E-state index in [2.05, 4.69) is 0 Å². The van der Waals surface area contributed by atoms with E-state index in [0.717, 1.165) is 5.75 Å². The number of ether oxygens (including phenoxy) is 1. The molecule has 1 heterocycles. The van der Waals surface area contributed by atoms with E-state index in [0.29, 0.717) is 17.9 Å². The molecular formula is C15H18FNO3S. The van der Waals surface area contributed by atoms with Gasteiger partial charge in [0.2, 0.25) is 0 Å². The molecule has 21 heavy (non-hydrogen) atoms. The van der Waals surface area contributed by atoms with Crippen LogP contribution in [0.4, 0.5) is 4.39 Å². The SMILES string of the molecule is CCOC(=O)C1CSCCN1C(=O)c1cccc(C)c1F. The van der Waals surface area contributed by atoms with Gasteiger partial charge >= 0.3 is 5.97 Å². The summed E-state index contributed by atoms with van der Waals surface area (Å²) in [6.45, 7) is 4.02. The highest BCUT2D eigenvalue weighted by atomic mass is 32.2. The molecule has 1 aliphatic rings. The van der Waals surface area contributed by atoms with Crippen LogP contribution in [0.5, 0.6) is 0 Å². The summed E-state index contributed by atoms with van der Waals surface area (Å²) >= 11 is 1.59. The minimum absolute atomic E-state index is 0.0104. The van der Waals surface area contributed by atoms with Crippen LogP contribution < -0.4 is 0 Å². The third-order valence-electron chi connectivity index (χ3n) is 3.37. The molecule has 0 saturated carbocycles. The van der Waals surface area contributed by atoms with Crippen molar-refractivity contribution < 1.29 is 18.7 Å². The number of hydrogen-bond donors (Lipinski definition) is 0. The number of carbonyl (C=O) groups is 2. The van der Waals surface area contributed by atoms with Gasteiger partial charge in [0.05, 0.1) is 12.2 Å². The Balaban J connectivity index is 2.26. The Labute approximate surface area is 127 Å². The number of hydrogen-bond acceptors (Lipinski definition) is 4. The minimum atomic E-state index is -0.642. The lowest BCUT2D eigenvalue weighted by molar-refractivity contribution is -0.147. The zero-order chi connectivity index (χ0) is 15.4. The van der Waals surface area contributed by atoms with Crippen molar-refractivity contribution in [2.45, 2.75) is 19.9 Å². The van der Waals surface area contributed by atoms with Crippen LogP contribution in [-0.2, 0) is 9.53 Å². The molecule has 1 fully saturated rings. The molecule has 6 heteroatoms. The molecule has 1 atom stereocenters. The summed E-state index contributed by atoms with van der Waals surface area (Å²) in [4.78, 5) is 26.0. The van der Waals surface area contributed by atoms with E-state index in [-0.39, 0.29) is 12.2 Å². The zero-order valence-electron chi connectivity index (χ0n) is 12.1. The second-order valence-corrected chi connectivity index (χ2v) is 5.93. The van der Waals surface area contributed by atoms with E-state index < -0.39 is 23.7 Å². The van der Waals surface area contributed by atoms with E-state index in [1.807, 2.05) is 0 Å². The van der Waals surface area contributed by atoms with Crippen LogP contribution >= 0.6 is 11.8 Å². The van der Waals surface area contributed by atoms with Crippen LogP contribution in [0.1, 0.15) is 22.8 Å². The molecule has 0 aromatic heterocycles. The van der Waals surface area contributed by atoms with E-state index in [1.165, 1.54) is 11.0 Å². The molecule has 1 aromatic carbocycles. The fraction of sp³-hybridized carbons (Fsp3) is 0.467. The number of nitrogens with zero attached hydrogens (tertiary/aromatic N) is 1. The van der Waals surface area contributed by atoms with E-state index >= 15 is 0 Å². The van der Waals surface area contributed by atoms with Crippen LogP contribution in [0.15, 0.2) is 18.2 Å². The molecule has 4 nitrogen and oxygen atoms in total. The van der Waals surface area contributed by atoms with Crippen molar-refractivity contribution in [2.75, 3.05) is 24.7 Å². The first-order valence-corrected chi connectivity index (χ1v) is 8.02. The molecule has 1 aromatic rings. The highest BCUT2D eigenvalue weighted by Crippen LogP contribution is 2.22. The Hall–Kier alpha value is -1.56. The van der Waals surface area contributed by atoms with E-state index in [1.54, 1.807) is 37.7 Å². The van der Waals surface area contributed by atoms with Gasteiger partial charge in [-0.3, -0.25) is 4.79 Å². The number of esters is 1. The van der Waals surface area contributed by atoms with Gasteiger partial charge in [0, 0.05) is 18.1 Å². The first-order valence-electron chi connectivity index (χ1n) is 6.86. The summed E-state index contributed by atoms with van der Waals surface area (Å²) in [5, 5.41) is 0. The normalized spacial score (nSPS) is 18.4. The summed E-state index contributed by atoms with van der Waals surface area (Å²) in [7, 11) is 0. The fourth-order valence-electron chi connectivity index (χ4n) is 2.25. The average Bonchev–Trinajstić information content (AvgIpc) is 2.49. The highest BCUT2D eigenvalue weighted by molar-refractivity contribution is 7.99. The largest absolute Gasteiger partial charge is 0.464 e. The highest BCUT2D eigenvalue weighted by Gasteiger charge is 2.35. The minimum Gasteiger partial charge on any atom is -0.464 e. The fourth-order valence-corrected chi connectivity index (χ4v) is 3.28. The van der Waals surface area contributed by atoms with Crippen LogP contribution in [0.2, 0.25) is 0 Å². The molecular weight excluding hydrogens is 293 g/mol. The predicted molar refractivity (Wildman–Crippen MR) is 79.9 cm³/mol. The molecule has 0 radical (unpaired) electrons. The molecule has 1 amide bonds. The Kier molecular flexibility index (Phi) is 5.22. The van der Waals surface area contributed by atoms with Crippen molar-refractivity contribution in [2.24, 2.45) is 0 Å². The maximum atomic E-state index is 14.1. The lowest BCUT2D eigenvalue weighted by Gasteiger charge is -2.33. The molecule has 0 spiro atoms. The topological polar surface area (TPSA) is 46.6 Å². The van der Waals surface area contributed by atoms with Crippen molar-refractivity contribution in [3.63, 3.8) is 0 Å². The lowest BCUT2D eigenvalue weighted by Crippen LogP contribution is -2.51. The van der Waals surface area contributed by atoms with Crippen molar-refractivity contribution >= 4 is 23.6 Å². The van der Waals surface area contributed by atoms with Crippen LogP contribution in [0.25, 0.3) is 0 Å². The van der Waals surface area contributed by atoms with Crippen LogP contribution in [-0.4, -0.2) is 47.5 Å². The van der Waals surface area contributed by atoms with Gasteiger partial charge in [0.15, 0.2) is 0 Å². The van der Waals surface area contributed by atoms with E-state index in [9.17, 15) is 14.0 Å². The third-order valence-corrected chi connectivity index (χ3v) is 4.39. The third kappa shape index (κ3) is 3.37. The Bertz CT molecular complexity index is 550. The maximum absolute atomic E-state index is 14.1. The second kappa shape index (κ2) is 6.93. The molecule has 0 bridgehead atoms. The van der Waals surface area contributed by atoms with Gasteiger partial charge in [0.1, 0.15) is 11.9 Å². The number of carbonyl (C=O) groups excluding carboxylic acids is 2. The molecule has 0 aliphatic carbocycles. The summed E-state index contributed by atoms with van der Waals surface area (Å²) in [5.41, 5.74) is 0.427. The van der Waals surface area contributed by atoms with Crippen molar-refractivity contribution in [1.29, 1.82) is 0 Å². The zero-order valence-corrected chi connectivity index (χ0v) is 12.9. The molecule has 0 N–H and O–H groups in total. The lowest BCUT2D eigenvalue weighted by atomic mass is 10.1. The van der Waals surface area contributed by atoms with Gasteiger partial charge in [-0.05, 0) is 25.5 Å². The number of rotatable bonds is 3. The summed E-state index contributed by atoms with van der Waals surface area (Å²) in [6, 6.07) is 4.07. The summed E-state index contributed by atoms with van der Waals surface area (Å²) < 4.78 is 19.1. The number of halogens is 1. The molecule has 2 rings (SSSR count). The number of aryl methyl sites for hydroxylation is 1. The summed E-state index contributed by atoms with van der Waals surface area (Å²) in [5.74, 6) is -0.184. The number of amides is 1. The van der Waals surface area contributed by atoms with Gasteiger partial charge in [-0.25, -0.2) is 9.18 Å². The molecule has 1 aliphatic heterocycles. The standard InChI is InChI=1S/C15H18FNO3S/c1-3-20-15(19)12-9-21-8-7-17(12)14(18)11-6-4-5-10(2)13(11)16/h4-6,12H,3,7-9H2,1-2H3. The maximum Gasteiger partial charge on any atom is 0.329 e. The smallest absolute Gasteiger partial charge is 0.329 e. The molecule has 1 unspecified atom stereocenters. The predicted octanol–water partition coefficient (Wildman–Crippen LogP) is 2.25. The average molecular weight is 311 g/mol. The van der Waals surface area contributed by atoms with Crippen LogP contribution in [0.3, 0.4) is 0 Å².